The molecule has 0 aliphatic carbocycles. The Balaban J connectivity index is 1.54. The van der Waals surface area contributed by atoms with Gasteiger partial charge in [-0.05, 0) is 49.2 Å². The topological polar surface area (TPSA) is 88.9 Å². The van der Waals surface area contributed by atoms with E-state index in [2.05, 4.69) is 5.32 Å². The molecule has 1 N–H and O–H groups in total. The molecule has 1 atom stereocenters. The number of sulfonamides is 1. The maximum absolute atomic E-state index is 12.9. The maximum atomic E-state index is 12.9. The van der Waals surface area contributed by atoms with Crippen LogP contribution in [-0.4, -0.2) is 44.0 Å². The van der Waals surface area contributed by atoms with Gasteiger partial charge in [-0.15, -0.1) is 0 Å². The first-order chi connectivity index (χ1) is 12.8. The molecule has 27 heavy (non-hydrogen) atoms. The molecule has 9 heteroatoms. The Morgan fingerprint density at radius 1 is 1.30 bits per heavy atom. The largest absolute Gasteiger partial charge is 0.486 e. The van der Waals surface area contributed by atoms with Crippen LogP contribution < -0.4 is 10.1 Å². The summed E-state index contributed by atoms with van der Waals surface area (Å²) in [6.07, 6.45) is 2.56. The van der Waals surface area contributed by atoms with Gasteiger partial charge in [-0.25, -0.2) is 17.1 Å². The van der Waals surface area contributed by atoms with Crippen LogP contribution in [0.4, 0.5) is 4.39 Å². The van der Waals surface area contributed by atoms with Crippen molar-refractivity contribution in [3.63, 3.8) is 0 Å². The van der Waals surface area contributed by atoms with Gasteiger partial charge in [0.05, 0.1) is 6.26 Å². The van der Waals surface area contributed by atoms with Crippen LogP contribution in [-0.2, 0) is 16.6 Å². The molecule has 0 spiro atoms. The van der Waals surface area contributed by atoms with E-state index in [1.807, 2.05) is 0 Å². The van der Waals surface area contributed by atoms with Crippen LogP contribution in [0.2, 0.25) is 0 Å². The van der Waals surface area contributed by atoms with Crippen molar-refractivity contribution >= 4 is 15.9 Å². The van der Waals surface area contributed by atoms with Gasteiger partial charge in [-0.1, -0.05) is 0 Å². The van der Waals surface area contributed by atoms with E-state index in [0.29, 0.717) is 30.9 Å². The van der Waals surface area contributed by atoms with Gasteiger partial charge in [0.1, 0.15) is 23.9 Å². The first-order valence-electron chi connectivity index (χ1n) is 8.54. The molecule has 1 aromatic carbocycles. The van der Waals surface area contributed by atoms with Crippen molar-refractivity contribution in [2.45, 2.75) is 25.5 Å². The molecule has 0 radical (unpaired) electrons. The summed E-state index contributed by atoms with van der Waals surface area (Å²) in [5.41, 5.74) is 0. The van der Waals surface area contributed by atoms with E-state index in [-0.39, 0.29) is 30.8 Å². The van der Waals surface area contributed by atoms with E-state index in [9.17, 15) is 17.6 Å². The van der Waals surface area contributed by atoms with E-state index in [4.69, 9.17) is 9.15 Å². The first-order valence-corrected chi connectivity index (χ1v) is 10.4. The van der Waals surface area contributed by atoms with E-state index < -0.39 is 15.9 Å². The molecule has 7 nitrogen and oxygen atoms in total. The Labute approximate surface area is 157 Å². The summed E-state index contributed by atoms with van der Waals surface area (Å²) in [4.78, 5) is 12.3. The van der Waals surface area contributed by atoms with Gasteiger partial charge < -0.3 is 14.5 Å². The van der Waals surface area contributed by atoms with Crippen LogP contribution in [0.3, 0.4) is 0 Å². The van der Waals surface area contributed by atoms with Crippen molar-refractivity contribution in [3.05, 3.63) is 53.7 Å². The number of rotatable bonds is 6. The third-order valence-electron chi connectivity index (χ3n) is 4.27. The summed E-state index contributed by atoms with van der Waals surface area (Å²) in [5.74, 6) is 0.316. The van der Waals surface area contributed by atoms with Crippen LogP contribution in [0.15, 0.2) is 40.8 Å². The van der Waals surface area contributed by atoms with Gasteiger partial charge >= 0.3 is 0 Å². The number of piperidine rings is 1. The molecule has 1 saturated heterocycles. The number of benzene rings is 1. The summed E-state index contributed by atoms with van der Waals surface area (Å²) < 4.78 is 48.5. The smallest absolute Gasteiger partial charge is 0.287 e. The van der Waals surface area contributed by atoms with Crippen molar-refractivity contribution < 1.29 is 26.8 Å². The lowest BCUT2D eigenvalue weighted by molar-refractivity contribution is 0.0889. The van der Waals surface area contributed by atoms with E-state index >= 15 is 0 Å². The van der Waals surface area contributed by atoms with Gasteiger partial charge in [0.15, 0.2) is 5.76 Å². The molecule has 146 valence electrons. The summed E-state index contributed by atoms with van der Waals surface area (Å²) in [6, 6.07) is 8.49. The summed E-state index contributed by atoms with van der Waals surface area (Å²) in [5, 5.41) is 2.81. The van der Waals surface area contributed by atoms with Crippen LogP contribution >= 0.6 is 0 Å². The lowest BCUT2D eigenvalue weighted by Crippen LogP contribution is -2.49. The van der Waals surface area contributed by atoms with Crippen molar-refractivity contribution in [2.75, 3.05) is 19.3 Å². The predicted molar refractivity (Wildman–Crippen MR) is 96.3 cm³/mol. The number of carbonyl (C=O) groups excluding carboxylic acids is 1. The van der Waals surface area contributed by atoms with Gasteiger partial charge in [-0.2, -0.15) is 0 Å². The van der Waals surface area contributed by atoms with Crippen molar-refractivity contribution in [2.24, 2.45) is 0 Å². The quantitative estimate of drug-likeness (QED) is 0.808. The fourth-order valence-electron chi connectivity index (χ4n) is 2.88. The van der Waals surface area contributed by atoms with Gasteiger partial charge in [0, 0.05) is 19.1 Å². The summed E-state index contributed by atoms with van der Waals surface area (Å²) in [7, 11) is -3.27. The first kappa shape index (κ1) is 19.4. The predicted octanol–water partition coefficient (Wildman–Crippen LogP) is 2.15. The van der Waals surface area contributed by atoms with Crippen molar-refractivity contribution in [3.8, 4) is 5.75 Å². The summed E-state index contributed by atoms with van der Waals surface area (Å²) >= 11 is 0. The van der Waals surface area contributed by atoms with Gasteiger partial charge in [0.2, 0.25) is 10.0 Å². The molecule has 2 heterocycles. The molecule has 1 fully saturated rings. The fraction of sp³-hybridized carbons (Fsp3) is 0.389. The average molecular weight is 396 g/mol. The normalized spacial score (nSPS) is 18.2. The molecule has 0 saturated carbocycles. The molecular weight excluding hydrogens is 375 g/mol. The average Bonchev–Trinajstić information content (AvgIpc) is 3.10. The number of nitrogens with zero attached hydrogens (tertiary/aromatic N) is 1. The number of hydrogen-bond donors (Lipinski definition) is 1. The Morgan fingerprint density at radius 2 is 2.04 bits per heavy atom. The minimum atomic E-state index is -3.27. The maximum Gasteiger partial charge on any atom is 0.287 e. The zero-order valence-electron chi connectivity index (χ0n) is 14.9. The lowest BCUT2D eigenvalue weighted by atomic mass is 10.1. The molecule has 1 aliphatic heterocycles. The monoisotopic (exact) mass is 396 g/mol. The number of nitrogens with one attached hydrogen (secondary N) is 1. The van der Waals surface area contributed by atoms with Crippen LogP contribution in [0, 0.1) is 5.82 Å². The second-order valence-corrected chi connectivity index (χ2v) is 8.42. The van der Waals surface area contributed by atoms with Crippen LogP contribution in [0.1, 0.15) is 29.2 Å². The second-order valence-electron chi connectivity index (χ2n) is 6.44. The minimum absolute atomic E-state index is 0.101. The van der Waals surface area contributed by atoms with E-state index in [1.165, 1.54) is 34.6 Å². The van der Waals surface area contributed by atoms with Gasteiger partial charge in [0.25, 0.3) is 5.91 Å². The molecule has 1 aromatic heterocycles. The Hall–Kier alpha value is -2.39. The number of halogens is 1. The third-order valence-corrected chi connectivity index (χ3v) is 5.54. The standard InChI is InChI=1S/C18H21FN2O5S/c1-27(23,24)21-10-2-3-14(11-21)20-18(22)17-9-8-16(26-17)12-25-15-6-4-13(19)5-7-15/h4-9,14H,2-3,10-12H2,1H3,(H,20,22). The minimum Gasteiger partial charge on any atom is -0.486 e. The number of amides is 1. The van der Waals surface area contributed by atoms with E-state index in [1.54, 1.807) is 6.07 Å². The van der Waals surface area contributed by atoms with Gasteiger partial charge in [-0.3, -0.25) is 4.79 Å². The lowest BCUT2D eigenvalue weighted by Gasteiger charge is -2.31. The molecular formula is C18H21FN2O5S. The molecule has 1 unspecified atom stereocenters. The zero-order valence-corrected chi connectivity index (χ0v) is 15.7. The third kappa shape index (κ3) is 5.30. The Kier molecular flexibility index (Phi) is 5.81. The second kappa shape index (κ2) is 8.10. The molecule has 3 rings (SSSR count). The molecule has 1 aliphatic rings. The number of furan rings is 1. The van der Waals surface area contributed by atoms with Crippen molar-refractivity contribution in [1.82, 2.24) is 9.62 Å². The highest BCUT2D eigenvalue weighted by molar-refractivity contribution is 7.88. The highest BCUT2D eigenvalue weighted by Crippen LogP contribution is 2.17. The van der Waals surface area contributed by atoms with E-state index in [0.717, 1.165) is 6.26 Å². The Morgan fingerprint density at radius 3 is 2.74 bits per heavy atom. The molecule has 1 amide bonds. The summed E-state index contributed by atoms with van der Waals surface area (Å²) in [6.45, 7) is 0.826. The molecule has 0 bridgehead atoms. The zero-order chi connectivity index (χ0) is 19.4. The fourth-order valence-corrected chi connectivity index (χ4v) is 3.79. The van der Waals surface area contributed by atoms with Crippen LogP contribution in [0.5, 0.6) is 5.75 Å². The SMILES string of the molecule is CS(=O)(=O)N1CCCC(NC(=O)c2ccc(COc3ccc(F)cc3)o2)C1. The van der Waals surface area contributed by atoms with Crippen LogP contribution in [0.25, 0.3) is 0 Å². The molecule has 2 aromatic rings. The number of carbonyl (C=O) groups is 1. The van der Waals surface area contributed by atoms with Crippen molar-refractivity contribution in [1.29, 1.82) is 0 Å². The number of ether oxygens (including phenoxy) is 1. The number of hydrogen-bond acceptors (Lipinski definition) is 5. The Bertz CT molecular complexity index is 895. The highest BCUT2D eigenvalue weighted by Gasteiger charge is 2.27. The highest BCUT2D eigenvalue weighted by atomic mass is 32.2.